The van der Waals surface area contributed by atoms with E-state index in [0.29, 0.717) is 13.2 Å². The van der Waals surface area contributed by atoms with Crippen LogP contribution < -0.4 is 18.9 Å². The van der Waals surface area contributed by atoms with Crippen LogP contribution in [0.25, 0.3) is 12.2 Å². The molecule has 3 aromatic carbocycles. The van der Waals surface area contributed by atoms with E-state index in [0.717, 1.165) is 35.5 Å². The standard InChI is InChI=1S/C52H74O6/c1-3-5-7-9-11-13-15-17-19-21-23-27-43-55-47-37-31-45(32-38-47)35-41-51(53)57-49-29-25-26-30-50(49)58-52(54)42-36-46-33-39-48(40-34-46)56-44-28-24-22-20-18-16-14-12-10-8-6-4-2/h25-26,29-42H,3-24,27-28,43-44H2,1-2H3/b41-35+,42-36+. The molecule has 0 unspecified atom stereocenters. The molecule has 0 aliphatic heterocycles. The third kappa shape index (κ3) is 23.8. The Hall–Kier alpha value is -4.32. The zero-order valence-electron chi connectivity index (χ0n) is 36.1. The number of benzene rings is 3. The van der Waals surface area contributed by atoms with Crippen LogP contribution in [0, 0.1) is 0 Å². The number of para-hydroxylation sites is 2. The van der Waals surface area contributed by atoms with Crippen LogP contribution in [0.15, 0.2) is 84.9 Å². The Kier molecular flexibility index (Phi) is 27.0. The van der Waals surface area contributed by atoms with Crippen LogP contribution in [-0.4, -0.2) is 25.2 Å². The van der Waals surface area contributed by atoms with Gasteiger partial charge in [0.25, 0.3) is 0 Å². The second-order valence-electron chi connectivity index (χ2n) is 15.6. The smallest absolute Gasteiger partial charge is 0.336 e. The Bertz CT molecular complexity index is 1420. The van der Waals surface area contributed by atoms with Gasteiger partial charge in [0.05, 0.1) is 13.2 Å². The van der Waals surface area contributed by atoms with Gasteiger partial charge in [-0.25, -0.2) is 9.59 Å². The number of carbonyl (C=O) groups excluding carboxylic acids is 2. The van der Waals surface area contributed by atoms with Gasteiger partial charge in [-0.2, -0.15) is 0 Å². The topological polar surface area (TPSA) is 71.1 Å². The first-order valence-electron chi connectivity index (χ1n) is 22.9. The zero-order valence-corrected chi connectivity index (χ0v) is 36.1. The molecule has 0 aromatic heterocycles. The molecule has 6 heteroatoms. The van der Waals surface area contributed by atoms with Crippen molar-refractivity contribution in [1.82, 2.24) is 0 Å². The van der Waals surface area contributed by atoms with Gasteiger partial charge in [-0.1, -0.05) is 192 Å². The molecule has 0 aliphatic carbocycles. The van der Waals surface area contributed by atoms with Crippen molar-refractivity contribution in [3.63, 3.8) is 0 Å². The van der Waals surface area contributed by atoms with Crippen molar-refractivity contribution < 1.29 is 28.5 Å². The number of rotatable bonds is 34. The summed E-state index contributed by atoms with van der Waals surface area (Å²) in [6.45, 7) is 5.95. The molecule has 0 atom stereocenters. The minimum atomic E-state index is -0.576. The first-order chi connectivity index (χ1) is 28.6. The fourth-order valence-electron chi connectivity index (χ4n) is 6.85. The molecule has 0 heterocycles. The van der Waals surface area contributed by atoms with Crippen LogP contribution in [0.2, 0.25) is 0 Å². The molecule has 0 aliphatic rings. The van der Waals surface area contributed by atoms with E-state index in [1.165, 1.54) is 153 Å². The van der Waals surface area contributed by atoms with Gasteiger partial charge in [0.15, 0.2) is 11.5 Å². The number of ether oxygens (including phenoxy) is 4. The van der Waals surface area contributed by atoms with Crippen molar-refractivity contribution >= 4 is 24.1 Å². The lowest BCUT2D eigenvalue weighted by atomic mass is 10.1. The number of unbranched alkanes of at least 4 members (excludes halogenated alkanes) is 22. The Labute approximate surface area is 351 Å². The maximum Gasteiger partial charge on any atom is 0.336 e. The van der Waals surface area contributed by atoms with Crippen LogP contribution in [0.5, 0.6) is 23.0 Å². The van der Waals surface area contributed by atoms with E-state index in [-0.39, 0.29) is 11.5 Å². The maximum atomic E-state index is 12.7. The molecule has 3 aromatic rings. The van der Waals surface area contributed by atoms with E-state index in [1.54, 1.807) is 36.4 Å². The summed E-state index contributed by atoms with van der Waals surface area (Å²) < 4.78 is 22.9. The van der Waals surface area contributed by atoms with E-state index in [4.69, 9.17) is 18.9 Å². The van der Waals surface area contributed by atoms with Crippen LogP contribution in [0.1, 0.15) is 179 Å². The highest BCUT2D eigenvalue weighted by molar-refractivity contribution is 5.91. The van der Waals surface area contributed by atoms with Crippen molar-refractivity contribution in [1.29, 1.82) is 0 Å². The highest BCUT2D eigenvalue weighted by Crippen LogP contribution is 2.27. The second-order valence-corrected chi connectivity index (χ2v) is 15.6. The predicted molar refractivity (Wildman–Crippen MR) is 242 cm³/mol. The largest absolute Gasteiger partial charge is 0.494 e. The Balaban J connectivity index is 1.27. The normalized spacial score (nSPS) is 11.3. The summed E-state index contributed by atoms with van der Waals surface area (Å²) in [5.74, 6) is 0.808. The molecule has 0 amide bonds. The Morgan fingerprint density at radius 3 is 1.00 bits per heavy atom. The quantitative estimate of drug-likeness (QED) is 0.0259. The van der Waals surface area contributed by atoms with Crippen molar-refractivity contribution in [2.24, 2.45) is 0 Å². The molecular formula is C52H74O6. The monoisotopic (exact) mass is 795 g/mol. The molecule has 6 nitrogen and oxygen atoms in total. The molecule has 3 rings (SSSR count). The zero-order chi connectivity index (χ0) is 41.1. The summed E-state index contributed by atoms with van der Waals surface area (Å²) in [6.07, 6.45) is 37.7. The van der Waals surface area contributed by atoms with Crippen molar-refractivity contribution in [2.45, 2.75) is 168 Å². The van der Waals surface area contributed by atoms with Crippen LogP contribution in [0.3, 0.4) is 0 Å². The maximum absolute atomic E-state index is 12.7. The van der Waals surface area contributed by atoms with Gasteiger partial charge in [0, 0.05) is 12.2 Å². The summed E-state index contributed by atoms with van der Waals surface area (Å²) in [5.41, 5.74) is 1.69. The lowest BCUT2D eigenvalue weighted by Gasteiger charge is -2.08. The van der Waals surface area contributed by atoms with Crippen LogP contribution >= 0.6 is 0 Å². The lowest BCUT2D eigenvalue weighted by Crippen LogP contribution is -2.08. The molecular weight excluding hydrogens is 721 g/mol. The average molecular weight is 795 g/mol. The van der Waals surface area contributed by atoms with E-state index < -0.39 is 11.9 Å². The summed E-state index contributed by atoms with van der Waals surface area (Å²) in [4.78, 5) is 25.3. The van der Waals surface area contributed by atoms with E-state index in [9.17, 15) is 9.59 Å². The van der Waals surface area contributed by atoms with Gasteiger partial charge in [-0.3, -0.25) is 0 Å². The summed E-state index contributed by atoms with van der Waals surface area (Å²) >= 11 is 0. The molecule has 58 heavy (non-hydrogen) atoms. The molecule has 0 spiro atoms. The van der Waals surface area contributed by atoms with E-state index >= 15 is 0 Å². The van der Waals surface area contributed by atoms with Gasteiger partial charge >= 0.3 is 11.9 Å². The van der Waals surface area contributed by atoms with Gasteiger partial charge in [0.2, 0.25) is 0 Å². The van der Waals surface area contributed by atoms with Gasteiger partial charge < -0.3 is 18.9 Å². The highest BCUT2D eigenvalue weighted by Gasteiger charge is 2.11. The second kappa shape index (κ2) is 32.6. The van der Waals surface area contributed by atoms with Crippen molar-refractivity contribution in [3.8, 4) is 23.0 Å². The fourth-order valence-corrected chi connectivity index (χ4v) is 6.85. The lowest BCUT2D eigenvalue weighted by molar-refractivity contribution is -0.131. The average Bonchev–Trinajstić information content (AvgIpc) is 3.24. The number of esters is 2. The Morgan fingerprint density at radius 1 is 0.397 bits per heavy atom. The van der Waals surface area contributed by atoms with Crippen molar-refractivity contribution in [2.75, 3.05) is 13.2 Å². The highest BCUT2D eigenvalue weighted by atomic mass is 16.6. The first-order valence-corrected chi connectivity index (χ1v) is 22.9. The van der Waals surface area contributed by atoms with Gasteiger partial charge in [-0.05, 0) is 72.5 Å². The third-order valence-electron chi connectivity index (χ3n) is 10.4. The first kappa shape index (κ1) is 48.1. The number of hydrogen-bond donors (Lipinski definition) is 0. The molecule has 0 saturated heterocycles. The van der Waals surface area contributed by atoms with Crippen molar-refractivity contribution in [3.05, 3.63) is 96.1 Å². The molecule has 0 radical (unpaired) electrons. The van der Waals surface area contributed by atoms with E-state index in [2.05, 4.69) is 13.8 Å². The molecule has 0 bridgehead atoms. The van der Waals surface area contributed by atoms with Crippen LogP contribution in [0.4, 0.5) is 0 Å². The van der Waals surface area contributed by atoms with Gasteiger partial charge in [-0.15, -0.1) is 0 Å². The van der Waals surface area contributed by atoms with Gasteiger partial charge in [0.1, 0.15) is 11.5 Å². The number of carbonyl (C=O) groups is 2. The minimum Gasteiger partial charge on any atom is -0.494 e. The Morgan fingerprint density at radius 2 is 0.690 bits per heavy atom. The molecule has 318 valence electrons. The van der Waals surface area contributed by atoms with Crippen LogP contribution in [-0.2, 0) is 9.59 Å². The molecule has 0 fully saturated rings. The van der Waals surface area contributed by atoms with E-state index in [1.807, 2.05) is 48.5 Å². The predicted octanol–water partition coefficient (Wildman–Crippen LogP) is 15.1. The summed E-state index contributed by atoms with van der Waals surface area (Å²) in [5, 5.41) is 0. The fraction of sp³-hybridized carbons (Fsp3) is 0.538. The molecule has 0 N–H and O–H groups in total. The molecule has 0 saturated carbocycles. The number of hydrogen-bond acceptors (Lipinski definition) is 6. The third-order valence-corrected chi connectivity index (χ3v) is 10.4. The summed E-state index contributed by atoms with van der Waals surface area (Å²) in [6, 6.07) is 21.9. The summed E-state index contributed by atoms with van der Waals surface area (Å²) in [7, 11) is 0. The minimum absolute atomic E-state index is 0.162. The SMILES string of the molecule is CCCCCCCCCCCCCCOc1ccc(/C=C/C(=O)Oc2ccccc2OC(=O)/C=C/c2ccc(OCCCCCCCCCCCCCC)cc2)cc1.